The number of hydrogen-bond donors (Lipinski definition) is 0. The Morgan fingerprint density at radius 3 is 3.20 bits per heavy atom. The van der Waals surface area contributed by atoms with E-state index in [4.69, 9.17) is 4.74 Å². The molecule has 2 nitrogen and oxygen atoms in total. The van der Waals surface area contributed by atoms with Gasteiger partial charge in [-0.1, -0.05) is 22.0 Å². The van der Waals surface area contributed by atoms with Gasteiger partial charge in [0.1, 0.15) is 10.9 Å². The molecular weight excluding hydrogens is 196 g/mol. The van der Waals surface area contributed by atoms with E-state index in [1.54, 1.807) is 0 Å². The Hall–Kier alpha value is -0.310. The van der Waals surface area contributed by atoms with Gasteiger partial charge in [-0.25, -0.2) is 0 Å². The normalized spacial score (nSPS) is 43.7. The molecule has 0 amide bonds. The molecule has 2 aliphatic rings. The number of fused-ring (bicyclic) bond motifs is 1. The standard InChI is InChI=1S/C7H7BrO2/c8-6-4-2-1-3-5(4)10-7(6)9/h1,3-6H,2H2/t4-,5+,6+/m1/s1. The van der Waals surface area contributed by atoms with Gasteiger partial charge in [-0.2, -0.15) is 0 Å². The molecule has 0 aromatic rings. The lowest BCUT2D eigenvalue weighted by Crippen LogP contribution is -2.15. The molecule has 3 heteroatoms. The number of ether oxygens (including phenoxy) is 1. The van der Waals surface area contributed by atoms with E-state index in [2.05, 4.69) is 22.0 Å². The first-order valence-electron chi connectivity index (χ1n) is 3.30. The van der Waals surface area contributed by atoms with E-state index in [1.165, 1.54) is 0 Å². The van der Waals surface area contributed by atoms with E-state index in [0.717, 1.165) is 6.42 Å². The van der Waals surface area contributed by atoms with Gasteiger partial charge in [0.05, 0.1) is 0 Å². The Morgan fingerprint density at radius 2 is 2.50 bits per heavy atom. The van der Waals surface area contributed by atoms with Crippen LogP contribution in [0.15, 0.2) is 12.2 Å². The molecule has 0 aromatic heterocycles. The van der Waals surface area contributed by atoms with Crippen LogP contribution in [0, 0.1) is 5.92 Å². The second-order valence-corrected chi connectivity index (χ2v) is 3.62. The third-order valence-corrected chi connectivity index (χ3v) is 3.06. The predicted molar refractivity (Wildman–Crippen MR) is 39.8 cm³/mol. The van der Waals surface area contributed by atoms with Crippen LogP contribution in [-0.2, 0) is 9.53 Å². The number of esters is 1. The van der Waals surface area contributed by atoms with Crippen molar-refractivity contribution in [3.63, 3.8) is 0 Å². The van der Waals surface area contributed by atoms with Gasteiger partial charge in [0.2, 0.25) is 0 Å². The predicted octanol–water partition coefficient (Wildman–Crippen LogP) is 1.25. The molecule has 1 aliphatic carbocycles. The van der Waals surface area contributed by atoms with Crippen LogP contribution in [0.2, 0.25) is 0 Å². The van der Waals surface area contributed by atoms with Crippen molar-refractivity contribution in [1.82, 2.24) is 0 Å². The molecule has 0 radical (unpaired) electrons. The van der Waals surface area contributed by atoms with Crippen molar-refractivity contribution >= 4 is 21.9 Å². The van der Waals surface area contributed by atoms with Gasteiger partial charge >= 0.3 is 5.97 Å². The van der Waals surface area contributed by atoms with E-state index in [-0.39, 0.29) is 16.9 Å². The third-order valence-electron chi connectivity index (χ3n) is 2.01. The number of halogens is 1. The zero-order chi connectivity index (χ0) is 7.14. The van der Waals surface area contributed by atoms with Crippen LogP contribution in [0.1, 0.15) is 6.42 Å². The number of carbonyl (C=O) groups is 1. The van der Waals surface area contributed by atoms with Crippen molar-refractivity contribution < 1.29 is 9.53 Å². The largest absolute Gasteiger partial charge is 0.457 e. The molecule has 0 spiro atoms. The third kappa shape index (κ3) is 0.732. The second-order valence-electron chi connectivity index (χ2n) is 2.63. The minimum absolute atomic E-state index is 0.0527. The Balaban J connectivity index is 2.22. The van der Waals surface area contributed by atoms with Crippen LogP contribution in [-0.4, -0.2) is 16.9 Å². The lowest BCUT2D eigenvalue weighted by molar-refractivity contribution is -0.139. The first-order chi connectivity index (χ1) is 4.79. The van der Waals surface area contributed by atoms with Gasteiger partial charge in [0.25, 0.3) is 0 Å². The Bertz CT molecular complexity index is 200. The highest BCUT2D eigenvalue weighted by Gasteiger charge is 2.43. The number of hydrogen-bond acceptors (Lipinski definition) is 2. The monoisotopic (exact) mass is 202 g/mol. The number of allylic oxidation sites excluding steroid dienone is 1. The van der Waals surface area contributed by atoms with E-state index in [0.29, 0.717) is 5.92 Å². The summed E-state index contributed by atoms with van der Waals surface area (Å²) in [5, 5.41) is 0. The molecule has 2 rings (SSSR count). The fraction of sp³-hybridized carbons (Fsp3) is 0.571. The average molecular weight is 203 g/mol. The molecule has 0 N–H and O–H groups in total. The Labute approximate surface area is 67.4 Å². The van der Waals surface area contributed by atoms with E-state index in [1.807, 2.05) is 6.08 Å². The minimum atomic E-state index is -0.112. The number of rotatable bonds is 0. The highest BCUT2D eigenvalue weighted by molar-refractivity contribution is 9.10. The summed E-state index contributed by atoms with van der Waals surface area (Å²) >= 11 is 3.30. The molecule has 1 heterocycles. The van der Waals surface area contributed by atoms with Crippen LogP contribution >= 0.6 is 15.9 Å². The molecule has 1 fully saturated rings. The molecule has 0 bridgehead atoms. The molecule has 0 aromatic carbocycles. The molecule has 3 atom stereocenters. The first kappa shape index (κ1) is 6.40. The first-order valence-corrected chi connectivity index (χ1v) is 4.22. The van der Waals surface area contributed by atoms with E-state index >= 15 is 0 Å². The molecule has 0 saturated carbocycles. The molecule has 0 unspecified atom stereocenters. The lowest BCUT2D eigenvalue weighted by Gasteiger charge is -2.05. The van der Waals surface area contributed by atoms with Gasteiger partial charge in [0.15, 0.2) is 0 Å². The van der Waals surface area contributed by atoms with Crippen molar-refractivity contribution in [1.29, 1.82) is 0 Å². The Morgan fingerprint density at radius 1 is 1.70 bits per heavy atom. The average Bonchev–Trinajstić information content (AvgIpc) is 2.41. The van der Waals surface area contributed by atoms with Gasteiger partial charge in [-0.15, -0.1) is 0 Å². The highest BCUT2D eigenvalue weighted by atomic mass is 79.9. The minimum Gasteiger partial charge on any atom is -0.457 e. The van der Waals surface area contributed by atoms with Crippen molar-refractivity contribution in [3.8, 4) is 0 Å². The van der Waals surface area contributed by atoms with Gasteiger partial charge in [-0.05, 0) is 12.5 Å². The second kappa shape index (κ2) is 2.09. The van der Waals surface area contributed by atoms with Gasteiger partial charge in [0, 0.05) is 5.92 Å². The fourth-order valence-corrected chi connectivity index (χ4v) is 2.06. The smallest absolute Gasteiger partial charge is 0.320 e. The van der Waals surface area contributed by atoms with Crippen molar-refractivity contribution in [2.75, 3.05) is 0 Å². The van der Waals surface area contributed by atoms with Crippen LogP contribution < -0.4 is 0 Å². The van der Waals surface area contributed by atoms with E-state index in [9.17, 15) is 4.79 Å². The maximum absolute atomic E-state index is 10.9. The molecule has 54 valence electrons. The SMILES string of the molecule is O=C1O[C@H]2C=CC[C@H]2[C@@H]1Br. The lowest BCUT2D eigenvalue weighted by atomic mass is 10.0. The van der Waals surface area contributed by atoms with Crippen molar-refractivity contribution in [2.45, 2.75) is 17.4 Å². The van der Waals surface area contributed by atoms with Crippen molar-refractivity contribution in [2.24, 2.45) is 5.92 Å². The summed E-state index contributed by atoms with van der Waals surface area (Å²) in [6.07, 6.45) is 5.04. The summed E-state index contributed by atoms with van der Waals surface area (Å²) in [5.74, 6) is 0.242. The topological polar surface area (TPSA) is 26.3 Å². The van der Waals surface area contributed by atoms with Crippen molar-refractivity contribution in [3.05, 3.63) is 12.2 Å². The molecule has 1 aliphatic heterocycles. The molecule has 10 heavy (non-hydrogen) atoms. The summed E-state index contributed by atoms with van der Waals surface area (Å²) in [4.78, 5) is 10.8. The number of alkyl halides is 1. The summed E-state index contributed by atoms with van der Waals surface area (Å²) < 4.78 is 5.02. The number of carbonyl (C=O) groups excluding carboxylic acids is 1. The zero-order valence-corrected chi connectivity index (χ0v) is 6.87. The zero-order valence-electron chi connectivity index (χ0n) is 5.29. The summed E-state index contributed by atoms with van der Waals surface area (Å²) in [7, 11) is 0. The quantitative estimate of drug-likeness (QED) is 0.336. The van der Waals surface area contributed by atoms with Crippen LogP contribution in [0.25, 0.3) is 0 Å². The maximum atomic E-state index is 10.9. The van der Waals surface area contributed by atoms with Crippen LogP contribution in [0.4, 0.5) is 0 Å². The Kier molecular flexibility index (Phi) is 1.34. The summed E-state index contributed by atoms with van der Waals surface area (Å²) in [6, 6.07) is 0. The fourth-order valence-electron chi connectivity index (χ4n) is 1.43. The highest BCUT2D eigenvalue weighted by Crippen LogP contribution is 2.35. The summed E-state index contributed by atoms with van der Waals surface area (Å²) in [6.45, 7) is 0. The van der Waals surface area contributed by atoms with E-state index < -0.39 is 0 Å². The molecular formula is C7H7BrO2. The van der Waals surface area contributed by atoms with Crippen LogP contribution in [0.5, 0.6) is 0 Å². The molecule has 1 saturated heterocycles. The van der Waals surface area contributed by atoms with Gasteiger partial charge < -0.3 is 4.74 Å². The van der Waals surface area contributed by atoms with Crippen LogP contribution in [0.3, 0.4) is 0 Å². The van der Waals surface area contributed by atoms with Gasteiger partial charge in [-0.3, -0.25) is 4.79 Å². The summed E-state index contributed by atoms with van der Waals surface area (Å²) in [5.41, 5.74) is 0. The maximum Gasteiger partial charge on any atom is 0.320 e.